The molecule has 1 aromatic rings. The Balaban J connectivity index is 2.42. The molecule has 0 fully saturated rings. The van der Waals surface area contributed by atoms with Gasteiger partial charge in [-0.3, -0.25) is 0 Å². The number of hydrogen-bond acceptors (Lipinski definition) is 3. The monoisotopic (exact) mass is 260 g/mol. The van der Waals surface area contributed by atoms with Crippen LogP contribution in [0.25, 0.3) is 0 Å². The third-order valence-electron chi connectivity index (χ3n) is 2.01. The molecule has 5 heteroatoms. The molecule has 1 aromatic carbocycles. The molecular formula is C12H14ClFO3. The molecule has 17 heavy (non-hydrogen) atoms. The van der Waals surface area contributed by atoms with Crippen molar-refractivity contribution in [3.63, 3.8) is 0 Å². The van der Waals surface area contributed by atoms with Crippen LogP contribution >= 0.6 is 11.6 Å². The van der Waals surface area contributed by atoms with E-state index in [1.54, 1.807) is 0 Å². The van der Waals surface area contributed by atoms with E-state index in [4.69, 9.17) is 21.1 Å². The number of para-hydroxylation sites is 1. The van der Waals surface area contributed by atoms with Gasteiger partial charge in [-0.05, 0) is 18.6 Å². The minimum absolute atomic E-state index is 0.124. The fraction of sp³-hybridized carbons (Fsp3) is 0.417. The van der Waals surface area contributed by atoms with Gasteiger partial charge in [0.25, 0.3) is 0 Å². The third kappa shape index (κ3) is 4.61. The topological polar surface area (TPSA) is 35.5 Å². The molecule has 1 rings (SSSR count). The zero-order valence-corrected chi connectivity index (χ0v) is 10.3. The second-order valence-corrected chi connectivity index (χ2v) is 3.82. The van der Waals surface area contributed by atoms with Gasteiger partial charge in [-0.15, -0.1) is 0 Å². The van der Waals surface area contributed by atoms with Gasteiger partial charge in [0.1, 0.15) is 0 Å². The fourth-order valence-corrected chi connectivity index (χ4v) is 1.34. The summed E-state index contributed by atoms with van der Waals surface area (Å²) in [6.07, 6.45) is 1.74. The van der Waals surface area contributed by atoms with Crippen LogP contribution < -0.4 is 4.74 Å². The van der Waals surface area contributed by atoms with Crippen LogP contribution in [0.3, 0.4) is 0 Å². The molecule has 0 bridgehead atoms. The highest BCUT2D eigenvalue weighted by Crippen LogP contribution is 2.26. The Morgan fingerprint density at radius 2 is 2.24 bits per heavy atom. The average Bonchev–Trinajstić information content (AvgIpc) is 2.29. The molecule has 3 nitrogen and oxygen atoms in total. The first-order valence-corrected chi connectivity index (χ1v) is 5.75. The van der Waals surface area contributed by atoms with Gasteiger partial charge >= 0.3 is 5.97 Å². The molecule has 0 amide bonds. The molecule has 0 unspecified atom stereocenters. The first-order chi connectivity index (χ1) is 8.15. The SMILES string of the molecule is CCCCOC(=O)COc1c(F)cccc1Cl. The van der Waals surface area contributed by atoms with E-state index in [1.165, 1.54) is 18.2 Å². The lowest BCUT2D eigenvalue weighted by Crippen LogP contribution is -2.16. The summed E-state index contributed by atoms with van der Waals surface area (Å²) < 4.78 is 23.1. The van der Waals surface area contributed by atoms with Crippen molar-refractivity contribution < 1.29 is 18.7 Å². The van der Waals surface area contributed by atoms with Crippen LogP contribution in [0.15, 0.2) is 18.2 Å². The zero-order chi connectivity index (χ0) is 12.7. The molecule has 0 aliphatic heterocycles. The summed E-state index contributed by atoms with van der Waals surface area (Å²) in [4.78, 5) is 11.2. The molecule has 0 saturated heterocycles. The third-order valence-corrected chi connectivity index (χ3v) is 2.31. The number of unbranched alkanes of at least 4 members (excludes halogenated alkanes) is 1. The first-order valence-electron chi connectivity index (χ1n) is 5.37. The summed E-state index contributed by atoms with van der Waals surface area (Å²) in [6, 6.07) is 4.16. The molecule has 0 atom stereocenters. The van der Waals surface area contributed by atoms with Crippen molar-refractivity contribution in [2.24, 2.45) is 0 Å². The smallest absolute Gasteiger partial charge is 0.344 e. The average molecular weight is 261 g/mol. The summed E-state index contributed by atoms with van der Waals surface area (Å²) in [5.74, 6) is -1.25. The van der Waals surface area contributed by atoms with Crippen LogP contribution in [-0.2, 0) is 9.53 Å². The van der Waals surface area contributed by atoms with E-state index in [9.17, 15) is 9.18 Å². The largest absolute Gasteiger partial charge is 0.477 e. The van der Waals surface area contributed by atoms with Gasteiger partial charge in [0.05, 0.1) is 11.6 Å². The van der Waals surface area contributed by atoms with Crippen molar-refractivity contribution in [3.05, 3.63) is 29.0 Å². The van der Waals surface area contributed by atoms with Gasteiger partial charge in [-0.25, -0.2) is 9.18 Å². The van der Waals surface area contributed by atoms with Crippen molar-refractivity contribution in [2.75, 3.05) is 13.2 Å². The Labute approximate surface area is 104 Å². The second kappa shape index (κ2) is 7.12. The highest BCUT2D eigenvalue weighted by molar-refractivity contribution is 6.32. The molecule has 0 spiro atoms. The Kier molecular flexibility index (Phi) is 5.77. The quantitative estimate of drug-likeness (QED) is 0.582. The van der Waals surface area contributed by atoms with E-state index in [2.05, 4.69) is 0 Å². The van der Waals surface area contributed by atoms with E-state index in [-0.39, 0.29) is 17.4 Å². The standard InChI is InChI=1S/C12H14ClFO3/c1-2-3-7-16-11(15)8-17-12-9(13)5-4-6-10(12)14/h4-6H,2-3,7-8H2,1H3. The lowest BCUT2D eigenvalue weighted by atomic mass is 10.3. The highest BCUT2D eigenvalue weighted by Gasteiger charge is 2.11. The molecule has 0 aliphatic carbocycles. The van der Waals surface area contributed by atoms with Gasteiger partial charge in [0.2, 0.25) is 0 Å². The van der Waals surface area contributed by atoms with Crippen molar-refractivity contribution in [1.29, 1.82) is 0 Å². The van der Waals surface area contributed by atoms with E-state index >= 15 is 0 Å². The van der Waals surface area contributed by atoms with E-state index < -0.39 is 11.8 Å². The van der Waals surface area contributed by atoms with Gasteiger partial charge in [0.15, 0.2) is 18.2 Å². The molecule has 0 aliphatic rings. The summed E-state index contributed by atoms with van der Waals surface area (Å²) in [6.45, 7) is 2.00. The molecule has 0 aromatic heterocycles. The maximum absolute atomic E-state index is 13.2. The van der Waals surface area contributed by atoms with Crippen LogP contribution in [0.5, 0.6) is 5.75 Å². The van der Waals surface area contributed by atoms with Crippen LogP contribution in [0.1, 0.15) is 19.8 Å². The number of ether oxygens (including phenoxy) is 2. The lowest BCUT2D eigenvalue weighted by Gasteiger charge is -2.08. The Hall–Kier alpha value is -1.29. The first kappa shape index (κ1) is 13.8. The Morgan fingerprint density at radius 1 is 1.47 bits per heavy atom. The minimum Gasteiger partial charge on any atom is -0.477 e. The molecule has 0 heterocycles. The van der Waals surface area contributed by atoms with Crippen molar-refractivity contribution in [1.82, 2.24) is 0 Å². The van der Waals surface area contributed by atoms with Gasteiger partial charge in [0, 0.05) is 0 Å². The number of halogens is 2. The lowest BCUT2D eigenvalue weighted by molar-refractivity contribution is -0.146. The molecule has 94 valence electrons. The summed E-state index contributed by atoms with van der Waals surface area (Å²) in [7, 11) is 0. The van der Waals surface area contributed by atoms with Gasteiger partial charge in [-0.1, -0.05) is 31.0 Å². The maximum Gasteiger partial charge on any atom is 0.344 e. The number of esters is 1. The second-order valence-electron chi connectivity index (χ2n) is 3.41. The van der Waals surface area contributed by atoms with Crippen LogP contribution in [0, 0.1) is 5.82 Å². The van der Waals surface area contributed by atoms with Crippen molar-refractivity contribution >= 4 is 17.6 Å². The normalized spacial score (nSPS) is 10.1. The fourth-order valence-electron chi connectivity index (χ4n) is 1.12. The summed E-state index contributed by atoms with van der Waals surface area (Å²) >= 11 is 5.72. The Morgan fingerprint density at radius 3 is 2.88 bits per heavy atom. The van der Waals surface area contributed by atoms with Crippen molar-refractivity contribution in [3.8, 4) is 5.75 Å². The molecule has 0 N–H and O–H groups in total. The van der Waals surface area contributed by atoms with Crippen LogP contribution in [0.4, 0.5) is 4.39 Å². The Bertz CT molecular complexity index is 362. The van der Waals surface area contributed by atoms with E-state index in [0.717, 1.165) is 12.8 Å². The number of hydrogen-bond donors (Lipinski definition) is 0. The molecule has 0 radical (unpaired) electrons. The van der Waals surface area contributed by atoms with Gasteiger partial charge < -0.3 is 9.47 Å². The predicted octanol–water partition coefficient (Wildman–Crippen LogP) is 3.20. The number of carbonyl (C=O) groups is 1. The molecular weight excluding hydrogens is 247 g/mol. The van der Waals surface area contributed by atoms with E-state index in [1.807, 2.05) is 6.92 Å². The van der Waals surface area contributed by atoms with Crippen LogP contribution in [-0.4, -0.2) is 19.2 Å². The van der Waals surface area contributed by atoms with Gasteiger partial charge in [-0.2, -0.15) is 0 Å². The summed E-state index contributed by atoms with van der Waals surface area (Å²) in [5.41, 5.74) is 0. The maximum atomic E-state index is 13.2. The number of benzene rings is 1. The summed E-state index contributed by atoms with van der Waals surface area (Å²) in [5, 5.41) is 0.131. The van der Waals surface area contributed by atoms with Crippen molar-refractivity contribution in [2.45, 2.75) is 19.8 Å². The van der Waals surface area contributed by atoms with Crippen LogP contribution in [0.2, 0.25) is 5.02 Å². The predicted molar refractivity (Wildman–Crippen MR) is 62.8 cm³/mol. The molecule has 0 saturated carbocycles. The number of rotatable bonds is 6. The number of carbonyl (C=O) groups excluding carboxylic acids is 1. The van der Waals surface area contributed by atoms with E-state index in [0.29, 0.717) is 6.61 Å². The minimum atomic E-state index is -0.598. The zero-order valence-electron chi connectivity index (χ0n) is 9.54. The highest BCUT2D eigenvalue weighted by atomic mass is 35.5.